The number of benzene rings is 1. The number of rotatable bonds is 1. The van der Waals surface area contributed by atoms with Crippen LogP contribution in [0.15, 0.2) is 34.9 Å². The largest absolute Gasteiger partial charge is 0.383 e. The highest BCUT2D eigenvalue weighted by Crippen LogP contribution is 2.36. The zero-order valence-electron chi connectivity index (χ0n) is 8.73. The second kappa shape index (κ2) is 3.63. The van der Waals surface area contributed by atoms with Crippen LogP contribution in [-0.4, -0.2) is 9.78 Å². The van der Waals surface area contributed by atoms with Gasteiger partial charge in [0.15, 0.2) is 0 Å². The second-order valence-electron chi connectivity index (χ2n) is 4.08. The van der Waals surface area contributed by atoms with E-state index in [-0.39, 0.29) is 0 Å². The first-order chi connectivity index (χ1) is 7.77. The van der Waals surface area contributed by atoms with Crippen molar-refractivity contribution in [2.24, 2.45) is 0 Å². The monoisotopic (exact) mass is 277 g/mol. The number of anilines is 1. The van der Waals surface area contributed by atoms with Crippen molar-refractivity contribution in [2.45, 2.75) is 18.9 Å². The Morgan fingerprint density at radius 2 is 2.19 bits per heavy atom. The Hall–Kier alpha value is -1.29. The Morgan fingerprint density at radius 1 is 1.38 bits per heavy atom. The number of nitrogens with zero attached hydrogens (tertiary/aromatic N) is 2. The van der Waals surface area contributed by atoms with Crippen molar-refractivity contribution in [1.29, 1.82) is 0 Å². The molecule has 0 amide bonds. The van der Waals surface area contributed by atoms with Gasteiger partial charge in [0.25, 0.3) is 0 Å². The van der Waals surface area contributed by atoms with Crippen molar-refractivity contribution in [2.75, 3.05) is 5.73 Å². The van der Waals surface area contributed by atoms with E-state index < -0.39 is 0 Å². The van der Waals surface area contributed by atoms with Crippen LogP contribution < -0.4 is 5.73 Å². The van der Waals surface area contributed by atoms with Crippen molar-refractivity contribution in [3.63, 3.8) is 0 Å². The number of nitrogen functional groups attached to an aromatic ring is 1. The van der Waals surface area contributed by atoms with Crippen LogP contribution in [-0.2, 0) is 6.42 Å². The smallest absolute Gasteiger partial charge is 0.136 e. The normalized spacial score (nSPS) is 18.7. The summed E-state index contributed by atoms with van der Waals surface area (Å²) in [4.78, 5) is 0. The van der Waals surface area contributed by atoms with Gasteiger partial charge in [0.2, 0.25) is 0 Å². The molecule has 1 aromatic carbocycles. The molecule has 0 saturated heterocycles. The molecule has 0 spiro atoms. The maximum absolute atomic E-state index is 5.99. The van der Waals surface area contributed by atoms with E-state index in [1.807, 2.05) is 4.68 Å². The minimum absolute atomic E-state index is 0.294. The van der Waals surface area contributed by atoms with Gasteiger partial charge in [-0.05, 0) is 39.9 Å². The number of hydrogen-bond acceptors (Lipinski definition) is 2. The third kappa shape index (κ3) is 1.37. The standard InChI is InChI=1S/C12H12BrN3/c13-10-7-15-16(12(10)14)11-6-5-8-3-1-2-4-9(8)11/h1-4,7,11H,5-6,14H2. The Balaban J connectivity index is 2.08. The van der Waals surface area contributed by atoms with Gasteiger partial charge in [-0.2, -0.15) is 5.10 Å². The topological polar surface area (TPSA) is 43.8 Å². The number of nitrogens with two attached hydrogens (primary N) is 1. The highest BCUT2D eigenvalue weighted by molar-refractivity contribution is 9.10. The third-order valence-electron chi connectivity index (χ3n) is 3.18. The van der Waals surface area contributed by atoms with Gasteiger partial charge in [-0.25, -0.2) is 4.68 Å². The molecule has 1 aromatic heterocycles. The van der Waals surface area contributed by atoms with Crippen LogP contribution in [0.3, 0.4) is 0 Å². The molecule has 0 saturated carbocycles. The molecular formula is C12H12BrN3. The SMILES string of the molecule is Nc1c(Br)cnn1C1CCc2ccccc21. The molecule has 3 nitrogen and oxygen atoms in total. The van der Waals surface area contributed by atoms with Gasteiger partial charge in [0.05, 0.1) is 16.7 Å². The minimum Gasteiger partial charge on any atom is -0.383 e. The lowest BCUT2D eigenvalue weighted by Crippen LogP contribution is -2.11. The Bertz CT molecular complexity index is 533. The summed E-state index contributed by atoms with van der Waals surface area (Å²) in [5.74, 6) is 0.710. The molecule has 16 heavy (non-hydrogen) atoms. The highest BCUT2D eigenvalue weighted by atomic mass is 79.9. The van der Waals surface area contributed by atoms with E-state index >= 15 is 0 Å². The second-order valence-corrected chi connectivity index (χ2v) is 4.93. The maximum atomic E-state index is 5.99. The number of aryl methyl sites for hydroxylation is 1. The molecule has 1 unspecified atom stereocenters. The van der Waals surface area contributed by atoms with E-state index in [9.17, 15) is 0 Å². The predicted octanol–water partition coefficient (Wildman–Crippen LogP) is 2.76. The van der Waals surface area contributed by atoms with E-state index in [2.05, 4.69) is 45.3 Å². The maximum Gasteiger partial charge on any atom is 0.136 e. The lowest BCUT2D eigenvalue weighted by atomic mass is 10.1. The summed E-state index contributed by atoms with van der Waals surface area (Å²) < 4.78 is 2.78. The molecule has 4 heteroatoms. The quantitative estimate of drug-likeness (QED) is 0.871. The number of halogens is 1. The fraction of sp³-hybridized carbons (Fsp3) is 0.250. The Labute approximate surface area is 102 Å². The van der Waals surface area contributed by atoms with Gasteiger partial charge in [0.1, 0.15) is 5.82 Å². The average molecular weight is 278 g/mol. The fourth-order valence-electron chi connectivity index (χ4n) is 2.39. The Morgan fingerprint density at radius 3 is 2.94 bits per heavy atom. The molecule has 1 heterocycles. The summed E-state index contributed by atoms with van der Waals surface area (Å²) in [6, 6.07) is 8.81. The third-order valence-corrected chi connectivity index (χ3v) is 3.79. The Kier molecular flexibility index (Phi) is 2.24. The minimum atomic E-state index is 0.294. The summed E-state index contributed by atoms with van der Waals surface area (Å²) in [7, 11) is 0. The molecule has 1 atom stereocenters. The van der Waals surface area contributed by atoms with Crippen LogP contribution in [0, 0.1) is 0 Å². The van der Waals surface area contributed by atoms with E-state index in [0.717, 1.165) is 17.3 Å². The van der Waals surface area contributed by atoms with Gasteiger partial charge in [-0.1, -0.05) is 24.3 Å². The lowest BCUT2D eigenvalue weighted by molar-refractivity contribution is 0.527. The van der Waals surface area contributed by atoms with Gasteiger partial charge in [-0.3, -0.25) is 0 Å². The molecule has 82 valence electrons. The van der Waals surface area contributed by atoms with Crippen molar-refractivity contribution >= 4 is 21.7 Å². The predicted molar refractivity (Wildman–Crippen MR) is 67.2 cm³/mol. The lowest BCUT2D eigenvalue weighted by Gasteiger charge is -2.13. The van der Waals surface area contributed by atoms with Crippen LogP contribution >= 0.6 is 15.9 Å². The van der Waals surface area contributed by atoms with Crippen molar-refractivity contribution in [1.82, 2.24) is 9.78 Å². The van der Waals surface area contributed by atoms with Gasteiger partial charge in [0, 0.05) is 0 Å². The zero-order valence-corrected chi connectivity index (χ0v) is 10.3. The summed E-state index contributed by atoms with van der Waals surface area (Å²) in [5.41, 5.74) is 8.76. The van der Waals surface area contributed by atoms with Crippen LogP contribution in [0.2, 0.25) is 0 Å². The van der Waals surface area contributed by atoms with E-state index in [4.69, 9.17) is 5.73 Å². The van der Waals surface area contributed by atoms with E-state index in [1.165, 1.54) is 11.1 Å². The van der Waals surface area contributed by atoms with Crippen molar-refractivity contribution in [3.05, 3.63) is 46.1 Å². The molecule has 2 N–H and O–H groups in total. The molecule has 0 aliphatic heterocycles. The van der Waals surface area contributed by atoms with Crippen LogP contribution in [0.1, 0.15) is 23.6 Å². The van der Waals surface area contributed by atoms with Crippen LogP contribution in [0.25, 0.3) is 0 Å². The molecule has 3 rings (SSSR count). The summed E-state index contributed by atoms with van der Waals surface area (Å²) >= 11 is 3.39. The summed E-state index contributed by atoms with van der Waals surface area (Å²) in [6.07, 6.45) is 3.95. The summed E-state index contributed by atoms with van der Waals surface area (Å²) in [6.45, 7) is 0. The van der Waals surface area contributed by atoms with E-state index in [0.29, 0.717) is 11.9 Å². The molecule has 1 aliphatic carbocycles. The number of aromatic nitrogens is 2. The first-order valence-electron chi connectivity index (χ1n) is 5.33. The van der Waals surface area contributed by atoms with Crippen molar-refractivity contribution < 1.29 is 0 Å². The van der Waals surface area contributed by atoms with Gasteiger partial charge in [-0.15, -0.1) is 0 Å². The van der Waals surface area contributed by atoms with Crippen LogP contribution in [0.4, 0.5) is 5.82 Å². The first kappa shape index (κ1) is 9.90. The molecular weight excluding hydrogens is 266 g/mol. The molecule has 0 radical (unpaired) electrons. The van der Waals surface area contributed by atoms with Crippen LogP contribution in [0.5, 0.6) is 0 Å². The molecule has 2 aromatic rings. The van der Waals surface area contributed by atoms with Crippen molar-refractivity contribution in [3.8, 4) is 0 Å². The van der Waals surface area contributed by atoms with Gasteiger partial charge < -0.3 is 5.73 Å². The fourth-order valence-corrected chi connectivity index (χ4v) is 2.66. The molecule has 0 bridgehead atoms. The zero-order chi connectivity index (χ0) is 11.1. The number of fused-ring (bicyclic) bond motifs is 1. The highest BCUT2D eigenvalue weighted by Gasteiger charge is 2.25. The summed E-state index contributed by atoms with van der Waals surface area (Å²) in [5, 5.41) is 4.34. The van der Waals surface area contributed by atoms with E-state index in [1.54, 1.807) is 6.20 Å². The van der Waals surface area contributed by atoms with Gasteiger partial charge >= 0.3 is 0 Å². The number of hydrogen-bond donors (Lipinski definition) is 1. The molecule has 0 fully saturated rings. The average Bonchev–Trinajstić information content (AvgIpc) is 2.85. The molecule has 1 aliphatic rings. The first-order valence-corrected chi connectivity index (χ1v) is 6.13.